The van der Waals surface area contributed by atoms with Crippen LogP contribution in [0, 0.1) is 0 Å². The fourth-order valence-electron chi connectivity index (χ4n) is 1.39. The molecule has 1 rings (SSSR count). The van der Waals surface area contributed by atoms with E-state index in [1.165, 1.54) is 6.07 Å². The molecule has 0 atom stereocenters. The zero-order valence-electron chi connectivity index (χ0n) is 8.90. The van der Waals surface area contributed by atoms with Gasteiger partial charge in [-0.1, -0.05) is 25.4 Å². The van der Waals surface area contributed by atoms with Crippen LogP contribution in [0.25, 0.3) is 0 Å². The Morgan fingerprint density at radius 1 is 1.60 bits per heavy atom. The van der Waals surface area contributed by atoms with Crippen LogP contribution in [0.1, 0.15) is 32.0 Å². The first kappa shape index (κ1) is 12.2. The molecule has 0 bridgehead atoms. The van der Waals surface area contributed by atoms with Crippen LogP contribution in [0.15, 0.2) is 10.9 Å². The maximum absolute atomic E-state index is 11.6. The predicted octanol–water partition coefficient (Wildman–Crippen LogP) is 1.40. The van der Waals surface area contributed by atoms with Crippen LogP contribution in [0.5, 0.6) is 0 Å². The molecule has 5 heteroatoms. The van der Waals surface area contributed by atoms with E-state index in [4.69, 9.17) is 16.7 Å². The van der Waals surface area contributed by atoms with Gasteiger partial charge in [0.05, 0.1) is 0 Å². The molecule has 1 heterocycles. The van der Waals surface area contributed by atoms with Crippen molar-refractivity contribution in [2.24, 2.45) is 0 Å². The number of hydrogen-bond donors (Lipinski definition) is 1. The SMILES string of the molecule is CC(C)c1nc(Cl)cc(=O)n1CCCO. The van der Waals surface area contributed by atoms with Crippen molar-refractivity contribution in [2.45, 2.75) is 32.7 Å². The minimum atomic E-state index is -0.160. The summed E-state index contributed by atoms with van der Waals surface area (Å²) in [5, 5.41) is 8.97. The van der Waals surface area contributed by atoms with Crippen molar-refractivity contribution in [2.75, 3.05) is 6.61 Å². The van der Waals surface area contributed by atoms with Gasteiger partial charge in [0, 0.05) is 25.1 Å². The normalized spacial score (nSPS) is 11.0. The van der Waals surface area contributed by atoms with Gasteiger partial charge in [-0.25, -0.2) is 4.98 Å². The summed E-state index contributed by atoms with van der Waals surface area (Å²) in [5.41, 5.74) is -0.160. The quantitative estimate of drug-likeness (QED) is 0.796. The van der Waals surface area contributed by atoms with Gasteiger partial charge in [0.25, 0.3) is 5.56 Å². The molecule has 84 valence electrons. The van der Waals surface area contributed by atoms with Crippen molar-refractivity contribution in [3.05, 3.63) is 27.4 Å². The molecule has 0 aliphatic carbocycles. The minimum Gasteiger partial charge on any atom is -0.396 e. The molecule has 0 radical (unpaired) electrons. The van der Waals surface area contributed by atoms with E-state index in [0.717, 1.165) is 0 Å². The lowest BCUT2D eigenvalue weighted by Crippen LogP contribution is -2.25. The van der Waals surface area contributed by atoms with Crippen LogP contribution in [-0.2, 0) is 6.54 Å². The summed E-state index contributed by atoms with van der Waals surface area (Å²) in [5.74, 6) is 0.802. The third-order valence-corrected chi connectivity index (χ3v) is 2.26. The van der Waals surface area contributed by atoms with Crippen molar-refractivity contribution in [3.63, 3.8) is 0 Å². The maximum Gasteiger partial charge on any atom is 0.254 e. The average molecular weight is 231 g/mol. The molecule has 15 heavy (non-hydrogen) atoms. The van der Waals surface area contributed by atoms with E-state index in [9.17, 15) is 4.79 Å². The second-order valence-electron chi connectivity index (χ2n) is 3.66. The number of nitrogens with zero attached hydrogens (tertiary/aromatic N) is 2. The summed E-state index contributed by atoms with van der Waals surface area (Å²) in [4.78, 5) is 15.8. The maximum atomic E-state index is 11.6. The first-order valence-corrected chi connectivity index (χ1v) is 5.32. The molecular formula is C10H15ClN2O2. The number of rotatable bonds is 4. The molecule has 0 fully saturated rings. The van der Waals surface area contributed by atoms with Crippen molar-refractivity contribution >= 4 is 11.6 Å². The lowest BCUT2D eigenvalue weighted by molar-refractivity contribution is 0.277. The highest BCUT2D eigenvalue weighted by atomic mass is 35.5. The first-order valence-electron chi connectivity index (χ1n) is 4.94. The minimum absolute atomic E-state index is 0.0621. The zero-order chi connectivity index (χ0) is 11.4. The summed E-state index contributed by atoms with van der Waals surface area (Å²) in [6, 6.07) is 1.30. The van der Waals surface area contributed by atoms with Gasteiger partial charge in [0.15, 0.2) is 0 Å². The molecule has 1 N–H and O–H groups in total. The van der Waals surface area contributed by atoms with Crippen LogP contribution >= 0.6 is 11.6 Å². The van der Waals surface area contributed by atoms with Gasteiger partial charge in [-0.15, -0.1) is 0 Å². The number of halogens is 1. The van der Waals surface area contributed by atoms with Crippen LogP contribution in [0.3, 0.4) is 0 Å². The third-order valence-electron chi connectivity index (χ3n) is 2.06. The van der Waals surface area contributed by atoms with Crippen LogP contribution in [0.4, 0.5) is 0 Å². The Morgan fingerprint density at radius 2 is 2.27 bits per heavy atom. The van der Waals surface area contributed by atoms with E-state index < -0.39 is 0 Å². The molecule has 0 aromatic carbocycles. The number of aromatic nitrogens is 2. The molecule has 0 saturated heterocycles. The van der Waals surface area contributed by atoms with E-state index in [2.05, 4.69) is 4.98 Å². The van der Waals surface area contributed by atoms with Crippen molar-refractivity contribution in [1.82, 2.24) is 9.55 Å². The van der Waals surface area contributed by atoms with Crippen molar-refractivity contribution in [3.8, 4) is 0 Å². The lowest BCUT2D eigenvalue weighted by atomic mass is 10.2. The zero-order valence-corrected chi connectivity index (χ0v) is 9.66. The van der Waals surface area contributed by atoms with Gasteiger partial charge in [-0.3, -0.25) is 9.36 Å². The highest BCUT2D eigenvalue weighted by molar-refractivity contribution is 6.29. The molecule has 4 nitrogen and oxygen atoms in total. The highest BCUT2D eigenvalue weighted by Crippen LogP contribution is 2.12. The summed E-state index contributed by atoms with van der Waals surface area (Å²) < 4.78 is 1.56. The fourth-order valence-corrected chi connectivity index (χ4v) is 1.57. The topological polar surface area (TPSA) is 55.1 Å². The lowest BCUT2D eigenvalue weighted by Gasteiger charge is -2.13. The van der Waals surface area contributed by atoms with Crippen molar-refractivity contribution < 1.29 is 5.11 Å². The van der Waals surface area contributed by atoms with Gasteiger partial charge in [-0.05, 0) is 6.42 Å². The monoisotopic (exact) mass is 230 g/mol. The molecule has 0 saturated carbocycles. The highest BCUT2D eigenvalue weighted by Gasteiger charge is 2.10. The van der Waals surface area contributed by atoms with E-state index in [0.29, 0.717) is 18.8 Å². The van der Waals surface area contributed by atoms with E-state index in [1.807, 2.05) is 13.8 Å². The molecule has 0 unspecified atom stereocenters. The van der Waals surface area contributed by atoms with Gasteiger partial charge < -0.3 is 5.11 Å². The Morgan fingerprint density at radius 3 is 2.80 bits per heavy atom. The van der Waals surface area contributed by atoms with E-state index in [1.54, 1.807) is 4.57 Å². The van der Waals surface area contributed by atoms with E-state index in [-0.39, 0.29) is 23.2 Å². The molecule has 1 aromatic rings. The number of hydrogen-bond acceptors (Lipinski definition) is 3. The molecular weight excluding hydrogens is 216 g/mol. The molecule has 0 aliphatic heterocycles. The molecule has 0 amide bonds. The summed E-state index contributed by atoms with van der Waals surface area (Å²) in [6.07, 6.45) is 0.545. The predicted molar refractivity (Wildman–Crippen MR) is 59.3 cm³/mol. The number of aliphatic hydroxyl groups excluding tert-OH is 1. The largest absolute Gasteiger partial charge is 0.396 e. The summed E-state index contributed by atoms with van der Waals surface area (Å²) >= 11 is 5.73. The van der Waals surface area contributed by atoms with E-state index >= 15 is 0 Å². The molecule has 1 aromatic heterocycles. The van der Waals surface area contributed by atoms with Gasteiger partial charge in [-0.2, -0.15) is 0 Å². The Hall–Kier alpha value is -0.870. The first-order chi connectivity index (χ1) is 7.06. The summed E-state index contributed by atoms with van der Waals surface area (Å²) in [6.45, 7) is 4.45. The van der Waals surface area contributed by atoms with Crippen LogP contribution in [-0.4, -0.2) is 21.3 Å². The van der Waals surface area contributed by atoms with Gasteiger partial charge >= 0.3 is 0 Å². The smallest absolute Gasteiger partial charge is 0.254 e. The standard InChI is InChI=1S/C10H15ClN2O2/c1-7(2)10-12-8(11)6-9(15)13(10)4-3-5-14/h6-7,14H,3-5H2,1-2H3. The Bertz CT molecular complexity index is 387. The second-order valence-corrected chi connectivity index (χ2v) is 4.05. The Labute approximate surface area is 93.5 Å². The Balaban J connectivity index is 3.15. The Kier molecular flexibility index (Phi) is 4.29. The number of aliphatic hydroxyl groups is 1. The van der Waals surface area contributed by atoms with Gasteiger partial charge in [0.2, 0.25) is 0 Å². The molecule has 0 spiro atoms. The summed E-state index contributed by atoms with van der Waals surface area (Å²) in [7, 11) is 0. The average Bonchev–Trinajstić information content (AvgIpc) is 2.15. The third kappa shape index (κ3) is 3.04. The van der Waals surface area contributed by atoms with Crippen molar-refractivity contribution in [1.29, 1.82) is 0 Å². The van der Waals surface area contributed by atoms with Crippen LogP contribution in [0.2, 0.25) is 5.15 Å². The van der Waals surface area contributed by atoms with Crippen LogP contribution < -0.4 is 5.56 Å². The fraction of sp³-hybridized carbons (Fsp3) is 0.600. The van der Waals surface area contributed by atoms with Gasteiger partial charge in [0.1, 0.15) is 11.0 Å². The second kappa shape index (κ2) is 5.28. The molecule has 0 aliphatic rings.